The van der Waals surface area contributed by atoms with Crippen LogP contribution in [0.1, 0.15) is 20.8 Å². The van der Waals surface area contributed by atoms with E-state index < -0.39 is 5.97 Å². The molecule has 2 rings (SSSR count). The molecule has 1 aromatic carbocycles. The van der Waals surface area contributed by atoms with Gasteiger partial charge in [0.15, 0.2) is 5.11 Å². The maximum atomic E-state index is 11.9. The van der Waals surface area contributed by atoms with Crippen LogP contribution in [-0.4, -0.2) is 18.2 Å². The Morgan fingerprint density at radius 1 is 1.26 bits per heavy atom. The molecule has 8 heteroatoms. The van der Waals surface area contributed by atoms with Crippen molar-refractivity contribution in [3.63, 3.8) is 0 Å². The number of nitrogens with one attached hydrogen (secondary N) is 2. The SMILES string of the molecule is COC(=O)c1c(NC(=S)Nc2cc(Cl)ccc2Cl)sc(C)c1C. The van der Waals surface area contributed by atoms with Crippen molar-refractivity contribution in [1.29, 1.82) is 0 Å². The van der Waals surface area contributed by atoms with E-state index in [2.05, 4.69) is 10.6 Å². The van der Waals surface area contributed by atoms with E-state index in [1.807, 2.05) is 13.8 Å². The third-order valence-corrected chi connectivity index (χ3v) is 5.07. The minimum atomic E-state index is -0.405. The van der Waals surface area contributed by atoms with Crippen molar-refractivity contribution in [2.24, 2.45) is 0 Å². The van der Waals surface area contributed by atoms with Gasteiger partial charge in [-0.3, -0.25) is 0 Å². The Morgan fingerprint density at radius 2 is 1.96 bits per heavy atom. The summed E-state index contributed by atoms with van der Waals surface area (Å²) in [6.07, 6.45) is 0. The number of benzene rings is 1. The number of ether oxygens (including phenoxy) is 1. The van der Waals surface area contributed by atoms with Gasteiger partial charge in [0.1, 0.15) is 5.00 Å². The first-order chi connectivity index (χ1) is 10.8. The number of anilines is 2. The highest BCUT2D eigenvalue weighted by atomic mass is 35.5. The van der Waals surface area contributed by atoms with E-state index in [9.17, 15) is 4.79 Å². The predicted molar refractivity (Wildman–Crippen MR) is 101 cm³/mol. The number of esters is 1. The normalized spacial score (nSPS) is 10.3. The largest absolute Gasteiger partial charge is 0.465 e. The Morgan fingerprint density at radius 3 is 2.61 bits per heavy atom. The van der Waals surface area contributed by atoms with Gasteiger partial charge in [-0.1, -0.05) is 23.2 Å². The number of halogens is 2. The summed E-state index contributed by atoms with van der Waals surface area (Å²) in [5.74, 6) is -0.405. The highest BCUT2D eigenvalue weighted by Gasteiger charge is 2.20. The van der Waals surface area contributed by atoms with E-state index in [1.54, 1.807) is 18.2 Å². The number of carbonyl (C=O) groups excluding carboxylic acids is 1. The fourth-order valence-electron chi connectivity index (χ4n) is 1.91. The van der Waals surface area contributed by atoms with E-state index in [0.29, 0.717) is 31.4 Å². The van der Waals surface area contributed by atoms with Crippen LogP contribution in [0.15, 0.2) is 18.2 Å². The Kier molecular flexibility index (Phi) is 5.86. The van der Waals surface area contributed by atoms with Gasteiger partial charge in [0.2, 0.25) is 0 Å². The summed E-state index contributed by atoms with van der Waals surface area (Å²) in [4.78, 5) is 13.0. The molecule has 0 amide bonds. The van der Waals surface area contributed by atoms with Crippen molar-refractivity contribution in [1.82, 2.24) is 0 Å². The van der Waals surface area contributed by atoms with Crippen LogP contribution in [0, 0.1) is 13.8 Å². The molecule has 0 radical (unpaired) electrons. The molecular formula is C15H14Cl2N2O2S2. The van der Waals surface area contributed by atoms with Gasteiger partial charge in [0, 0.05) is 9.90 Å². The molecule has 0 unspecified atom stereocenters. The summed E-state index contributed by atoms with van der Waals surface area (Å²) in [6, 6.07) is 5.03. The Labute approximate surface area is 153 Å². The van der Waals surface area contributed by atoms with Crippen LogP contribution in [0.5, 0.6) is 0 Å². The second kappa shape index (κ2) is 7.49. The molecule has 0 fully saturated rings. The summed E-state index contributed by atoms with van der Waals surface area (Å²) < 4.78 is 4.83. The summed E-state index contributed by atoms with van der Waals surface area (Å²) >= 11 is 18.8. The van der Waals surface area contributed by atoms with Crippen LogP contribution >= 0.6 is 46.8 Å². The number of rotatable bonds is 3. The monoisotopic (exact) mass is 388 g/mol. The molecule has 4 nitrogen and oxygen atoms in total. The zero-order valence-electron chi connectivity index (χ0n) is 12.6. The number of thiocarbonyl (C=S) groups is 1. The number of methoxy groups -OCH3 is 1. The lowest BCUT2D eigenvalue weighted by atomic mass is 10.1. The molecule has 23 heavy (non-hydrogen) atoms. The van der Waals surface area contributed by atoms with Gasteiger partial charge in [0.25, 0.3) is 0 Å². The summed E-state index contributed by atoms with van der Waals surface area (Å²) in [5, 5.41) is 7.95. The van der Waals surface area contributed by atoms with Gasteiger partial charge < -0.3 is 15.4 Å². The van der Waals surface area contributed by atoms with Gasteiger partial charge >= 0.3 is 5.97 Å². The van der Waals surface area contributed by atoms with E-state index in [1.165, 1.54) is 18.4 Å². The molecule has 2 N–H and O–H groups in total. The molecule has 0 spiro atoms. The molecule has 0 aliphatic carbocycles. The van der Waals surface area contributed by atoms with Gasteiger partial charge in [-0.25, -0.2) is 4.79 Å². The first kappa shape index (κ1) is 18.0. The highest BCUT2D eigenvalue weighted by molar-refractivity contribution is 7.80. The first-order valence-electron chi connectivity index (χ1n) is 6.54. The van der Waals surface area contributed by atoms with Gasteiger partial charge in [-0.2, -0.15) is 0 Å². The molecule has 2 aromatic rings. The molecule has 0 aliphatic heterocycles. The zero-order valence-corrected chi connectivity index (χ0v) is 15.8. The molecule has 0 saturated carbocycles. The molecule has 0 bridgehead atoms. The lowest BCUT2D eigenvalue weighted by Gasteiger charge is -2.12. The van der Waals surface area contributed by atoms with E-state index in [0.717, 1.165) is 10.4 Å². The number of hydrogen-bond donors (Lipinski definition) is 2. The number of aryl methyl sites for hydroxylation is 1. The number of hydrogen-bond acceptors (Lipinski definition) is 4. The number of carbonyl (C=O) groups is 1. The van der Waals surface area contributed by atoms with E-state index >= 15 is 0 Å². The Hall–Kier alpha value is -1.34. The lowest BCUT2D eigenvalue weighted by Crippen LogP contribution is -2.20. The summed E-state index contributed by atoms with van der Waals surface area (Å²) in [7, 11) is 1.35. The number of thiophene rings is 1. The van der Waals surface area contributed by atoms with E-state index in [-0.39, 0.29) is 0 Å². The van der Waals surface area contributed by atoms with Crippen LogP contribution in [0.25, 0.3) is 0 Å². The van der Waals surface area contributed by atoms with Crippen molar-refractivity contribution in [3.05, 3.63) is 44.2 Å². The molecule has 1 heterocycles. The third kappa shape index (κ3) is 4.14. The van der Waals surface area contributed by atoms with E-state index in [4.69, 9.17) is 40.2 Å². The van der Waals surface area contributed by atoms with Crippen molar-refractivity contribution in [2.75, 3.05) is 17.7 Å². The standard InChI is InChI=1S/C15H14Cl2N2O2S2/c1-7-8(2)23-13(12(7)14(20)21-3)19-15(22)18-11-6-9(16)4-5-10(11)17/h4-6H,1-3H3,(H2,18,19,22). The fraction of sp³-hybridized carbons (Fsp3) is 0.200. The maximum Gasteiger partial charge on any atom is 0.341 e. The Balaban J connectivity index is 2.22. The molecular weight excluding hydrogens is 375 g/mol. The van der Waals surface area contributed by atoms with Crippen LogP contribution < -0.4 is 10.6 Å². The van der Waals surface area contributed by atoms with Gasteiger partial charge in [0.05, 0.1) is 23.4 Å². The fourth-order valence-corrected chi connectivity index (χ4v) is 3.58. The molecule has 122 valence electrons. The van der Waals surface area contributed by atoms with Crippen LogP contribution in [0.3, 0.4) is 0 Å². The lowest BCUT2D eigenvalue weighted by molar-refractivity contribution is 0.0601. The maximum absolute atomic E-state index is 11.9. The van der Waals surface area contributed by atoms with Crippen molar-refractivity contribution in [3.8, 4) is 0 Å². The highest BCUT2D eigenvalue weighted by Crippen LogP contribution is 2.33. The second-order valence-corrected chi connectivity index (χ2v) is 7.16. The van der Waals surface area contributed by atoms with Gasteiger partial charge in [-0.05, 0) is 49.8 Å². The van der Waals surface area contributed by atoms with Crippen molar-refractivity contribution in [2.45, 2.75) is 13.8 Å². The average molecular weight is 389 g/mol. The molecule has 0 aliphatic rings. The third-order valence-electron chi connectivity index (χ3n) is 3.18. The van der Waals surface area contributed by atoms with Crippen molar-refractivity contribution < 1.29 is 9.53 Å². The van der Waals surface area contributed by atoms with Crippen molar-refractivity contribution >= 4 is 68.5 Å². The smallest absolute Gasteiger partial charge is 0.341 e. The minimum absolute atomic E-state index is 0.306. The average Bonchev–Trinajstić information content (AvgIpc) is 2.76. The predicted octanol–water partition coefficient (Wildman–Crippen LogP) is 5.27. The molecule has 0 saturated heterocycles. The quantitative estimate of drug-likeness (QED) is 0.554. The second-order valence-electron chi connectivity index (χ2n) is 4.68. The summed E-state index contributed by atoms with van der Waals surface area (Å²) in [6.45, 7) is 3.80. The summed E-state index contributed by atoms with van der Waals surface area (Å²) in [5.41, 5.74) is 1.94. The van der Waals surface area contributed by atoms with Crippen LogP contribution in [0.2, 0.25) is 10.0 Å². The topological polar surface area (TPSA) is 50.4 Å². The first-order valence-corrected chi connectivity index (χ1v) is 8.53. The molecule has 0 atom stereocenters. The zero-order chi connectivity index (χ0) is 17.1. The van der Waals surface area contributed by atoms with Crippen LogP contribution in [0.4, 0.5) is 10.7 Å². The van der Waals surface area contributed by atoms with Crippen LogP contribution in [-0.2, 0) is 4.74 Å². The molecule has 1 aromatic heterocycles. The Bertz CT molecular complexity index is 775. The van der Waals surface area contributed by atoms with Gasteiger partial charge in [-0.15, -0.1) is 11.3 Å². The minimum Gasteiger partial charge on any atom is -0.465 e.